The van der Waals surface area contributed by atoms with Crippen molar-refractivity contribution >= 4 is 12.0 Å². The Bertz CT molecular complexity index is 246. The minimum atomic E-state index is -0.836. The zero-order valence-electron chi connectivity index (χ0n) is 10.8. The topological polar surface area (TPSA) is 70.1 Å². The Hall–Kier alpha value is -1.30. The first-order valence-corrected chi connectivity index (χ1v) is 5.73. The van der Waals surface area contributed by atoms with Crippen LogP contribution in [-0.2, 0) is 9.53 Å². The van der Waals surface area contributed by atoms with Crippen LogP contribution in [0.15, 0.2) is 0 Å². The fourth-order valence-corrected chi connectivity index (χ4v) is 1.40. The second kappa shape index (κ2) is 8.81. The first-order valence-electron chi connectivity index (χ1n) is 5.73. The van der Waals surface area contributed by atoms with Crippen LogP contribution in [0.25, 0.3) is 0 Å². The molecule has 0 aliphatic heterocycles. The summed E-state index contributed by atoms with van der Waals surface area (Å²) in [7, 11) is 3.27. The number of aliphatic carboxylic acids is 1. The van der Waals surface area contributed by atoms with E-state index in [9.17, 15) is 9.59 Å². The van der Waals surface area contributed by atoms with E-state index in [1.54, 1.807) is 24.0 Å². The predicted molar refractivity (Wildman–Crippen MR) is 64.0 cm³/mol. The Morgan fingerprint density at radius 3 is 2.41 bits per heavy atom. The van der Waals surface area contributed by atoms with Crippen LogP contribution < -0.4 is 0 Å². The van der Waals surface area contributed by atoms with E-state index in [1.165, 1.54) is 0 Å². The lowest BCUT2D eigenvalue weighted by atomic mass is 10.3. The van der Waals surface area contributed by atoms with Crippen LogP contribution in [-0.4, -0.2) is 67.3 Å². The molecule has 0 bridgehead atoms. The van der Waals surface area contributed by atoms with Crippen molar-refractivity contribution in [1.29, 1.82) is 0 Å². The molecule has 0 unspecified atom stereocenters. The molecule has 0 atom stereocenters. The number of amides is 2. The number of hydrogen-bond acceptors (Lipinski definition) is 3. The van der Waals surface area contributed by atoms with Crippen LogP contribution in [0.4, 0.5) is 4.79 Å². The van der Waals surface area contributed by atoms with Gasteiger partial charge in [0.1, 0.15) is 0 Å². The predicted octanol–water partition coefficient (Wildman–Crippen LogP) is 0.871. The molecular formula is C11H22N2O4. The molecule has 2 amide bonds. The Morgan fingerprint density at radius 2 is 1.94 bits per heavy atom. The molecule has 0 radical (unpaired) electrons. The minimum Gasteiger partial charge on any atom is -0.481 e. The van der Waals surface area contributed by atoms with Gasteiger partial charge in [0.25, 0.3) is 0 Å². The number of rotatable bonds is 8. The van der Waals surface area contributed by atoms with Gasteiger partial charge in [-0.2, -0.15) is 0 Å². The van der Waals surface area contributed by atoms with Crippen LogP contribution in [0.3, 0.4) is 0 Å². The molecule has 6 heteroatoms. The number of carboxylic acid groups (broad SMARTS) is 1. The molecular weight excluding hydrogens is 224 g/mol. The monoisotopic (exact) mass is 246 g/mol. The van der Waals surface area contributed by atoms with Crippen LogP contribution in [0.1, 0.15) is 19.8 Å². The van der Waals surface area contributed by atoms with E-state index in [0.717, 1.165) is 0 Å². The molecule has 6 nitrogen and oxygen atoms in total. The molecule has 0 heterocycles. The van der Waals surface area contributed by atoms with Gasteiger partial charge in [-0.25, -0.2) is 4.79 Å². The summed E-state index contributed by atoms with van der Waals surface area (Å²) in [6, 6.07) is -0.0880. The van der Waals surface area contributed by atoms with E-state index in [1.807, 2.05) is 6.92 Å². The van der Waals surface area contributed by atoms with E-state index in [4.69, 9.17) is 9.84 Å². The van der Waals surface area contributed by atoms with Crippen molar-refractivity contribution < 1.29 is 19.4 Å². The van der Waals surface area contributed by atoms with Crippen LogP contribution in [0.5, 0.6) is 0 Å². The molecule has 0 aliphatic rings. The van der Waals surface area contributed by atoms with Crippen LogP contribution in [0.2, 0.25) is 0 Å². The fourth-order valence-electron chi connectivity index (χ4n) is 1.40. The lowest BCUT2D eigenvalue weighted by Gasteiger charge is -2.26. The lowest BCUT2D eigenvalue weighted by Crippen LogP contribution is -2.43. The van der Waals surface area contributed by atoms with E-state index >= 15 is 0 Å². The zero-order chi connectivity index (χ0) is 13.3. The number of ether oxygens (including phenoxy) is 1. The molecule has 0 aromatic rings. The van der Waals surface area contributed by atoms with Crippen molar-refractivity contribution in [1.82, 2.24) is 9.80 Å². The first kappa shape index (κ1) is 15.7. The quantitative estimate of drug-likeness (QED) is 0.690. The van der Waals surface area contributed by atoms with Crippen LogP contribution >= 0.6 is 0 Å². The van der Waals surface area contributed by atoms with E-state index in [2.05, 4.69) is 0 Å². The number of carbonyl (C=O) groups is 2. The van der Waals surface area contributed by atoms with Gasteiger partial charge in [0.15, 0.2) is 0 Å². The average Bonchev–Trinajstić information content (AvgIpc) is 2.29. The zero-order valence-corrected chi connectivity index (χ0v) is 10.8. The number of methoxy groups -OCH3 is 1. The molecule has 0 saturated heterocycles. The molecule has 0 spiro atoms. The van der Waals surface area contributed by atoms with Gasteiger partial charge >= 0.3 is 12.0 Å². The van der Waals surface area contributed by atoms with Gasteiger partial charge in [0.05, 0.1) is 6.61 Å². The normalized spacial score (nSPS) is 10.1. The largest absolute Gasteiger partial charge is 0.481 e. The smallest absolute Gasteiger partial charge is 0.319 e. The van der Waals surface area contributed by atoms with Crippen molar-refractivity contribution in [3.63, 3.8) is 0 Å². The van der Waals surface area contributed by atoms with E-state index in [-0.39, 0.29) is 12.5 Å². The maximum absolute atomic E-state index is 11.9. The summed E-state index contributed by atoms with van der Waals surface area (Å²) in [6.45, 7) is 4.02. The maximum atomic E-state index is 11.9. The molecule has 0 aliphatic carbocycles. The standard InChI is InChI=1S/C11H22N2O4/c1-4-13(8-9-17-3)11(16)12(2)7-5-6-10(14)15/h4-9H2,1-3H3,(H,14,15). The Balaban J connectivity index is 4.02. The minimum absolute atomic E-state index is 0.0851. The highest BCUT2D eigenvalue weighted by molar-refractivity contribution is 5.74. The summed E-state index contributed by atoms with van der Waals surface area (Å²) in [6.07, 6.45) is 0.557. The molecule has 0 aromatic heterocycles. The van der Waals surface area contributed by atoms with Gasteiger partial charge in [0.2, 0.25) is 0 Å². The summed E-state index contributed by atoms with van der Waals surface area (Å²) in [5.41, 5.74) is 0. The number of hydrogen-bond donors (Lipinski definition) is 1. The number of carbonyl (C=O) groups excluding carboxylic acids is 1. The number of nitrogens with zero attached hydrogens (tertiary/aromatic N) is 2. The van der Waals surface area contributed by atoms with Gasteiger partial charge in [0, 0.05) is 40.2 Å². The third-order valence-electron chi connectivity index (χ3n) is 2.43. The van der Waals surface area contributed by atoms with Gasteiger partial charge in [-0.1, -0.05) is 0 Å². The molecule has 100 valence electrons. The Kier molecular flexibility index (Phi) is 8.13. The third-order valence-corrected chi connectivity index (χ3v) is 2.43. The first-order chi connectivity index (χ1) is 8.02. The molecule has 0 saturated carbocycles. The average molecular weight is 246 g/mol. The van der Waals surface area contributed by atoms with E-state index in [0.29, 0.717) is 32.7 Å². The highest BCUT2D eigenvalue weighted by Gasteiger charge is 2.15. The highest BCUT2D eigenvalue weighted by atomic mass is 16.5. The Morgan fingerprint density at radius 1 is 1.29 bits per heavy atom. The van der Waals surface area contributed by atoms with Crippen LogP contribution in [0, 0.1) is 0 Å². The van der Waals surface area contributed by atoms with Crippen molar-refractivity contribution in [3.05, 3.63) is 0 Å². The summed E-state index contributed by atoms with van der Waals surface area (Å²) in [5.74, 6) is -0.836. The number of urea groups is 1. The van der Waals surface area contributed by atoms with Crippen molar-refractivity contribution in [2.45, 2.75) is 19.8 Å². The molecule has 17 heavy (non-hydrogen) atoms. The highest BCUT2D eigenvalue weighted by Crippen LogP contribution is 2.00. The summed E-state index contributed by atoms with van der Waals surface area (Å²) in [5, 5.41) is 8.51. The number of likely N-dealkylation sites (N-methyl/N-ethyl adjacent to an activating group) is 1. The number of carboxylic acids is 1. The second-order valence-corrected chi connectivity index (χ2v) is 3.77. The van der Waals surface area contributed by atoms with Gasteiger partial charge in [-0.15, -0.1) is 0 Å². The van der Waals surface area contributed by atoms with Gasteiger partial charge < -0.3 is 19.6 Å². The SMILES string of the molecule is CCN(CCOC)C(=O)N(C)CCCC(=O)O. The second-order valence-electron chi connectivity index (χ2n) is 3.77. The molecule has 1 N–H and O–H groups in total. The summed E-state index contributed by atoms with van der Waals surface area (Å²) < 4.78 is 4.93. The molecule has 0 aromatic carbocycles. The van der Waals surface area contributed by atoms with Crippen molar-refractivity contribution in [3.8, 4) is 0 Å². The third kappa shape index (κ3) is 6.78. The summed E-state index contributed by atoms with van der Waals surface area (Å²) >= 11 is 0. The fraction of sp³-hybridized carbons (Fsp3) is 0.818. The maximum Gasteiger partial charge on any atom is 0.319 e. The Labute approximate surface area is 102 Å². The van der Waals surface area contributed by atoms with Crippen molar-refractivity contribution in [2.75, 3.05) is 40.4 Å². The van der Waals surface area contributed by atoms with Crippen molar-refractivity contribution in [2.24, 2.45) is 0 Å². The van der Waals surface area contributed by atoms with Gasteiger partial charge in [-0.05, 0) is 13.3 Å². The van der Waals surface area contributed by atoms with E-state index < -0.39 is 5.97 Å². The lowest BCUT2D eigenvalue weighted by molar-refractivity contribution is -0.137. The van der Waals surface area contributed by atoms with Gasteiger partial charge in [-0.3, -0.25) is 4.79 Å². The molecule has 0 fully saturated rings. The molecule has 0 rings (SSSR count). The summed E-state index contributed by atoms with van der Waals surface area (Å²) in [4.78, 5) is 25.5.